The molecule has 0 amide bonds. The van der Waals surface area contributed by atoms with Crippen LogP contribution in [0.5, 0.6) is 0 Å². The Morgan fingerprint density at radius 1 is 0.297 bits per heavy atom. The summed E-state index contributed by atoms with van der Waals surface area (Å²) in [6.45, 7) is 2.40. The summed E-state index contributed by atoms with van der Waals surface area (Å²) in [6, 6.07) is 94.1. The maximum Gasteiger partial charge on any atom is 0.0714 e. The number of anilines is 3. The van der Waals surface area contributed by atoms with Crippen LogP contribution in [0.2, 0.25) is 0 Å². The lowest BCUT2D eigenvalue weighted by Gasteiger charge is -2.35. The molecule has 302 valence electrons. The van der Waals surface area contributed by atoms with Gasteiger partial charge < -0.3 is 4.90 Å². The van der Waals surface area contributed by atoms with Crippen LogP contribution >= 0.6 is 0 Å². The van der Waals surface area contributed by atoms with Gasteiger partial charge in [-0.25, -0.2) is 0 Å². The predicted octanol–water partition coefficient (Wildman–Crippen LogP) is 16.2. The third-order valence-corrected chi connectivity index (χ3v) is 14.1. The van der Waals surface area contributed by atoms with Crippen molar-refractivity contribution in [3.8, 4) is 44.5 Å². The molecule has 10 aromatic carbocycles. The monoisotopic (exact) mass is 815 g/mol. The van der Waals surface area contributed by atoms with Gasteiger partial charge in [-0.15, -0.1) is 0 Å². The Balaban J connectivity index is 1.09. The molecular weight excluding hydrogens is 771 g/mol. The maximum atomic E-state index is 2.51. The number of rotatable bonds is 8. The lowest BCUT2D eigenvalue weighted by atomic mass is 9.67. The Hall–Kier alpha value is -8.00. The third kappa shape index (κ3) is 5.71. The normalized spacial score (nSPS) is 15.1. The number of nitrogens with zero attached hydrogens (tertiary/aromatic N) is 1. The molecule has 0 spiro atoms. The van der Waals surface area contributed by atoms with Crippen molar-refractivity contribution >= 4 is 17.1 Å². The molecule has 0 bridgehead atoms. The van der Waals surface area contributed by atoms with Gasteiger partial charge in [0.15, 0.2) is 0 Å². The van der Waals surface area contributed by atoms with E-state index in [0.717, 1.165) is 17.1 Å². The molecule has 0 fully saturated rings. The van der Waals surface area contributed by atoms with E-state index in [1.165, 1.54) is 83.5 Å². The van der Waals surface area contributed by atoms with Gasteiger partial charge in [0.2, 0.25) is 0 Å². The van der Waals surface area contributed by atoms with E-state index in [0.29, 0.717) is 0 Å². The predicted molar refractivity (Wildman–Crippen MR) is 267 cm³/mol. The number of fused-ring (bicyclic) bond motifs is 6. The topological polar surface area (TPSA) is 3.24 Å². The molecule has 2 aliphatic rings. The minimum atomic E-state index is -0.525. The highest BCUT2D eigenvalue weighted by molar-refractivity contribution is 5.97. The number of benzene rings is 10. The van der Waals surface area contributed by atoms with Gasteiger partial charge in [0.05, 0.1) is 11.1 Å². The van der Waals surface area contributed by atoms with Crippen LogP contribution in [0.3, 0.4) is 0 Å². The first-order chi connectivity index (χ1) is 31.6. The Morgan fingerprint density at radius 3 is 1.34 bits per heavy atom. The zero-order chi connectivity index (χ0) is 42.7. The van der Waals surface area contributed by atoms with Crippen LogP contribution < -0.4 is 4.90 Å². The van der Waals surface area contributed by atoms with Crippen LogP contribution in [0.15, 0.2) is 255 Å². The van der Waals surface area contributed by atoms with E-state index >= 15 is 0 Å². The highest BCUT2D eigenvalue weighted by Gasteiger charge is 2.47. The molecule has 12 rings (SSSR count). The van der Waals surface area contributed by atoms with E-state index in [9.17, 15) is 0 Å². The average Bonchev–Trinajstić information content (AvgIpc) is 3.83. The molecule has 1 nitrogen and oxygen atoms in total. The second kappa shape index (κ2) is 15.1. The van der Waals surface area contributed by atoms with E-state index in [1.54, 1.807) is 0 Å². The highest BCUT2D eigenvalue weighted by Crippen LogP contribution is 2.59. The molecule has 1 atom stereocenters. The Kier molecular flexibility index (Phi) is 8.91. The van der Waals surface area contributed by atoms with Gasteiger partial charge in [-0.3, -0.25) is 0 Å². The SMILES string of the molecule is CC1(c2ccccc2)c2ccccc2-c2c(N(c3ccc(-c4ccc(-c5ccccc5)cc4)cc3)c3ccc4c(c3)C(c3ccccc3)(c3ccccc3)c3ccccc3-4)cccc21. The lowest BCUT2D eigenvalue weighted by Crippen LogP contribution is -2.28. The zero-order valence-corrected chi connectivity index (χ0v) is 35.7. The number of hydrogen-bond donors (Lipinski definition) is 0. The largest absolute Gasteiger partial charge is 0.310 e. The van der Waals surface area contributed by atoms with Gasteiger partial charge in [-0.2, -0.15) is 0 Å². The van der Waals surface area contributed by atoms with Crippen LogP contribution in [0.4, 0.5) is 17.1 Å². The van der Waals surface area contributed by atoms with Crippen molar-refractivity contribution in [1.29, 1.82) is 0 Å². The molecule has 10 aromatic rings. The van der Waals surface area contributed by atoms with Crippen molar-refractivity contribution in [3.63, 3.8) is 0 Å². The summed E-state index contributed by atoms with van der Waals surface area (Å²) in [5.41, 5.74) is 21.4. The summed E-state index contributed by atoms with van der Waals surface area (Å²) in [7, 11) is 0. The molecule has 0 heterocycles. The molecule has 0 saturated heterocycles. The van der Waals surface area contributed by atoms with Crippen LogP contribution in [-0.4, -0.2) is 0 Å². The smallest absolute Gasteiger partial charge is 0.0714 e. The molecule has 0 radical (unpaired) electrons. The molecule has 64 heavy (non-hydrogen) atoms. The highest BCUT2D eigenvalue weighted by atomic mass is 15.1. The molecule has 0 saturated carbocycles. The summed E-state index contributed by atoms with van der Waals surface area (Å²) < 4.78 is 0. The van der Waals surface area contributed by atoms with Crippen molar-refractivity contribution in [1.82, 2.24) is 0 Å². The fourth-order valence-electron chi connectivity index (χ4n) is 11.1. The van der Waals surface area contributed by atoms with Gasteiger partial charge >= 0.3 is 0 Å². The summed E-state index contributed by atoms with van der Waals surface area (Å²) in [6.07, 6.45) is 0. The van der Waals surface area contributed by atoms with Crippen molar-refractivity contribution in [2.75, 3.05) is 4.90 Å². The molecule has 0 N–H and O–H groups in total. The van der Waals surface area contributed by atoms with E-state index < -0.39 is 5.41 Å². The standard InChI is InChI=1S/C63H45N/c1-62(48-21-8-3-9-22-48)56-29-16-15-28-55(56)61-58(62)31-18-32-60(61)64(51-39-37-47(38-40-51)46-35-33-45(34-36-46)44-19-6-2-7-20-44)52-41-42-54-53-27-14-17-30-57(53)63(59(54)43-52,49-23-10-4-11-24-49)50-25-12-5-13-26-50/h2-43H,1H3. The summed E-state index contributed by atoms with van der Waals surface area (Å²) >= 11 is 0. The zero-order valence-electron chi connectivity index (χ0n) is 35.7. The Labute approximate surface area is 376 Å². The van der Waals surface area contributed by atoms with E-state index in [-0.39, 0.29) is 5.41 Å². The minimum absolute atomic E-state index is 0.333. The summed E-state index contributed by atoms with van der Waals surface area (Å²) in [5.74, 6) is 0. The van der Waals surface area contributed by atoms with Crippen LogP contribution in [0.1, 0.15) is 45.9 Å². The first kappa shape index (κ1) is 37.7. The van der Waals surface area contributed by atoms with Gasteiger partial charge in [0, 0.05) is 22.4 Å². The maximum absolute atomic E-state index is 2.51. The summed E-state index contributed by atoms with van der Waals surface area (Å²) in [4.78, 5) is 2.51. The third-order valence-electron chi connectivity index (χ3n) is 14.1. The molecular formula is C63H45N. The first-order valence-electron chi connectivity index (χ1n) is 22.3. The Morgan fingerprint density at radius 2 is 0.734 bits per heavy atom. The van der Waals surface area contributed by atoms with Gasteiger partial charge in [-0.05, 0) is 115 Å². The van der Waals surface area contributed by atoms with Crippen LogP contribution in [-0.2, 0) is 10.8 Å². The van der Waals surface area contributed by atoms with Crippen molar-refractivity contribution < 1.29 is 0 Å². The molecule has 2 aliphatic carbocycles. The summed E-state index contributed by atoms with van der Waals surface area (Å²) in [5, 5.41) is 0. The molecule has 0 aromatic heterocycles. The number of hydrogen-bond acceptors (Lipinski definition) is 1. The van der Waals surface area contributed by atoms with E-state index in [2.05, 4.69) is 267 Å². The second-order valence-corrected chi connectivity index (χ2v) is 17.3. The fraction of sp³-hybridized carbons (Fsp3) is 0.0476. The van der Waals surface area contributed by atoms with Crippen LogP contribution in [0.25, 0.3) is 44.5 Å². The van der Waals surface area contributed by atoms with E-state index in [4.69, 9.17) is 0 Å². The van der Waals surface area contributed by atoms with Crippen molar-refractivity contribution in [2.45, 2.75) is 17.8 Å². The average molecular weight is 816 g/mol. The van der Waals surface area contributed by atoms with Crippen molar-refractivity contribution in [2.24, 2.45) is 0 Å². The first-order valence-corrected chi connectivity index (χ1v) is 22.3. The quantitative estimate of drug-likeness (QED) is 0.148. The van der Waals surface area contributed by atoms with Gasteiger partial charge in [0.1, 0.15) is 0 Å². The van der Waals surface area contributed by atoms with Gasteiger partial charge in [0.25, 0.3) is 0 Å². The Bertz CT molecular complexity index is 3260. The second-order valence-electron chi connectivity index (χ2n) is 17.3. The fourth-order valence-corrected chi connectivity index (χ4v) is 11.1. The molecule has 1 unspecified atom stereocenters. The lowest BCUT2D eigenvalue weighted by molar-refractivity contribution is 0.714. The molecule has 0 aliphatic heterocycles. The van der Waals surface area contributed by atoms with Crippen molar-refractivity contribution in [3.05, 3.63) is 294 Å². The molecule has 1 heteroatoms. The minimum Gasteiger partial charge on any atom is -0.310 e. The van der Waals surface area contributed by atoms with E-state index in [1.807, 2.05) is 0 Å². The van der Waals surface area contributed by atoms with Gasteiger partial charge in [-0.1, -0.05) is 224 Å². The van der Waals surface area contributed by atoms with Crippen LogP contribution in [0, 0.1) is 0 Å².